The van der Waals surface area contributed by atoms with Crippen molar-refractivity contribution < 1.29 is 13.2 Å². The molecule has 0 aromatic heterocycles. The highest BCUT2D eigenvalue weighted by molar-refractivity contribution is 7.89. The average molecular weight is 280 g/mol. The number of sulfonamides is 1. The molecule has 1 heterocycles. The number of benzene rings is 1. The zero-order chi connectivity index (χ0) is 14.0. The molecule has 0 radical (unpaired) electrons. The molecule has 1 saturated heterocycles. The minimum atomic E-state index is -3.50. The van der Waals surface area contributed by atoms with E-state index in [1.807, 2.05) is 13.0 Å². The van der Waals surface area contributed by atoms with Gasteiger partial charge in [-0.25, -0.2) is 8.42 Å². The molecule has 1 atom stereocenters. The van der Waals surface area contributed by atoms with E-state index in [1.165, 1.54) is 10.4 Å². The summed E-state index contributed by atoms with van der Waals surface area (Å²) in [4.78, 5) is 0.234. The molecule has 102 valence electrons. The first-order chi connectivity index (χ1) is 8.95. The summed E-state index contributed by atoms with van der Waals surface area (Å²) in [5, 5.41) is 8.87. The second-order valence-electron chi connectivity index (χ2n) is 4.63. The van der Waals surface area contributed by atoms with Crippen molar-refractivity contribution >= 4 is 10.0 Å². The van der Waals surface area contributed by atoms with Gasteiger partial charge >= 0.3 is 0 Å². The van der Waals surface area contributed by atoms with Crippen LogP contribution in [0.4, 0.5) is 0 Å². The molecule has 0 aliphatic carbocycles. The summed E-state index contributed by atoms with van der Waals surface area (Å²) in [6, 6.07) is 6.62. The molecule has 6 heteroatoms. The SMILES string of the molecule is Cc1cc(S(=O)(=O)N2CCOC(C)C2)ccc1C#N. The van der Waals surface area contributed by atoms with Crippen LogP contribution in [0.2, 0.25) is 0 Å². The van der Waals surface area contributed by atoms with Gasteiger partial charge in [-0.15, -0.1) is 0 Å². The van der Waals surface area contributed by atoms with Gasteiger partial charge in [0.25, 0.3) is 0 Å². The molecule has 0 amide bonds. The van der Waals surface area contributed by atoms with Crippen molar-refractivity contribution in [2.45, 2.75) is 24.8 Å². The third-order valence-electron chi connectivity index (χ3n) is 3.16. The van der Waals surface area contributed by atoms with Crippen molar-refractivity contribution in [3.63, 3.8) is 0 Å². The average Bonchev–Trinajstić information content (AvgIpc) is 2.38. The monoisotopic (exact) mass is 280 g/mol. The number of aryl methyl sites for hydroxylation is 1. The van der Waals surface area contributed by atoms with Crippen LogP contribution >= 0.6 is 0 Å². The Morgan fingerprint density at radius 2 is 2.21 bits per heavy atom. The maximum absolute atomic E-state index is 12.5. The highest BCUT2D eigenvalue weighted by Crippen LogP contribution is 2.21. The zero-order valence-electron chi connectivity index (χ0n) is 11.0. The van der Waals surface area contributed by atoms with Crippen LogP contribution in [0.5, 0.6) is 0 Å². The van der Waals surface area contributed by atoms with Crippen LogP contribution in [0.3, 0.4) is 0 Å². The van der Waals surface area contributed by atoms with Crippen LogP contribution in [0.1, 0.15) is 18.1 Å². The van der Waals surface area contributed by atoms with Gasteiger partial charge in [-0.1, -0.05) is 0 Å². The molecule has 1 fully saturated rings. The third-order valence-corrected chi connectivity index (χ3v) is 5.02. The molecule has 1 aliphatic heterocycles. The molecule has 1 aromatic carbocycles. The van der Waals surface area contributed by atoms with Gasteiger partial charge in [-0.05, 0) is 37.6 Å². The lowest BCUT2D eigenvalue weighted by Gasteiger charge is -2.30. The summed E-state index contributed by atoms with van der Waals surface area (Å²) in [6.45, 7) is 4.73. The molecule has 19 heavy (non-hydrogen) atoms. The number of nitrogens with zero attached hydrogens (tertiary/aromatic N) is 2. The Balaban J connectivity index is 2.34. The van der Waals surface area contributed by atoms with Crippen LogP contribution in [-0.4, -0.2) is 38.5 Å². The van der Waals surface area contributed by atoms with E-state index in [0.717, 1.165) is 0 Å². The molecule has 0 spiro atoms. The Labute approximate surface area is 113 Å². The summed E-state index contributed by atoms with van der Waals surface area (Å²) in [5.41, 5.74) is 1.17. The van der Waals surface area contributed by atoms with E-state index in [4.69, 9.17) is 10.00 Å². The van der Waals surface area contributed by atoms with Gasteiger partial charge in [0.15, 0.2) is 0 Å². The Bertz CT molecular complexity index is 619. The van der Waals surface area contributed by atoms with E-state index >= 15 is 0 Å². The molecule has 2 rings (SSSR count). The van der Waals surface area contributed by atoms with Crippen molar-refractivity contribution in [2.75, 3.05) is 19.7 Å². The Hall–Kier alpha value is -1.42. The summed E-state index contributed by atoms with van der Waals surface area (Å²) in [7, 11) is -3.50. The van der Waals surface area contributed by atoms with Crippen molar-refractivity contribution in [3.05, 3.63) is 29.3 Å². The first-order valence-corrected chi connectivity index (χ1v) is 7.51. The van der Waals surface area contributed by atoms with Crippen molar-refractivity contribution in [3.8, 4) is 6.07 Å². The fourth-order valence-corrected chi connectivity index (χ4v) is 3.66. The van der Waals surface area contributed by atoms with Gasteiger partial charge in [0.1, 0.15) is 0 Å². The summed E-state index contributed by atoms with van der Waals surface area (Å²) < 4.78 is 31.7. The minimum Gasteiger partial charge on any atom is -0.376 e. The summed E-state index contributed by atoms with van der Waals surface area (Å²) >= 11 is 0. The van der Waals surface area contributed by atoms with Crippen molar-refractivity contribution in [1.29, 1.82) is 5.26 Å². The molecule has 0 N–H and O–H groups in total. The van der Waals surface area contributed by atoms with E-state index in [0.29, 0.717) is 30.8 Å². The first kappa shape index (κ1) is 14.0. The fourth-order valence-electron chi connectivity index (χ4n) is 2.08. The molecular weight excluding hydrogens is 264 g/mol. The highest BCUT2D eigenvalue weighted by atomic mass is 32.2. The largest absolute Gasteiger partial charge is 0.376 e. The van der Waals surface area contributed by atoms with Gasteiger partial charge in [0.05, 0.1) is 29.2 Å². The number of hydrogen-bond acceptors (Lipinski definition) is 4. The molecule has 1 unspecified atom stereocenters. The minimum absolute atomic E-state index is 0.0944. The van der Waals surface area contributed by atoms with E-state index in [9.17, 15) is 8.42 Å². The molecule has 5 nitrogen and oxygen atoms in total. The lowest BCUT2D eigenvalue weighted by molar-refractivity contribution is 0.0102. The van der Waals surface area contributed by atoms with E-state index < -0.39 is 10.0 Å². The Kier molecular flexibility index (Phi) is 3.90. The van der Waals surface area contributed by atoms with E-state index in [2.05, 4.69) is 0 Å². The van der Waals surface area contributed by atoms with Gasteiger partial charge in [0, 0.05) is 13.1 Å². The lowest BCUT2D eigenvalue weighted by Crippen LogP contribution is -2.44. The van der Waals surface area contributed by atoms with Crippen LogP contribution in [-0.2, 0) is 14.8 Å². The Morgan fingerprint density at radius 3 is 2.79 bits per heavy atom. The molecule has 0 bridgehead atoms. The number of morpholine rings is 1. The lowest BCUT2D eigenvalue weighted by atomic mass is 10.1. The van der Waals surface area contributed by atoms with Crippen LogP contribution < -0.4 is 0 Å². The molecule has 1 aromatic rings. The second kappa shape index (κ2) is 5.29. The molecule has 0 saturated carbocycles. The normalized spacial score (nSPS) is 21.0. The second-order valence-corrected chi connectivity index (χ2v) is 6.57. The van der Waals surface area contributed by atoms with E-state index in [1.54, 1.807) is 19.1 Å². The maximum atomic E-state index is 12.5. The van der Waals surface area contributed by atoms with Gasteiger partial charge in [-0.2, -0.15) is 9.57 Å². The zero-order valence-corrected chi connectivity index (χ0v) is 11.8. The van der Waals surface area contributed by atoms with Gasteiger partial charge in [-0.3, -0.25) is 0 Å². The number of hydrogen-bond donors (Lipinski definition) is 0. The number of ether oxygens (including phenoxy) is 1. The summed E-state index contributed by atoms with van der Waals surface area (Å²) in [6.07, 6.45) is -0.0944. The fraction of sp³-hybridized carbons (Fsp3) is 0.462. The predicted molar refractivity (Wildman–Crippen MR) is 70.1 cm³/mol. The maximum Gasteiger partial charge on any atom is 0.243 e. The van der Waals surface area contributed by atoms with Gasteiger partial charge in [0.2, 0.25) is 10.0 Å². The van der Waals surface area contributed by atoms with Crippen LogP contribution in [0.25, 0.3) is 0 Å². The summed E-state index contributed by atoms with van der Waals surface area (Å²) in [5.74, 6) is 0. The van der Waals surface area contributed by atoms with Crippen LogP contribution in [0, 0.1) is 18.3 Å². The van der Waals surface area contributed by atoms with Crippen LogP contribution in [0.15, 0.2) is 23.1 Å². The standard InChI is InChI=1S/C13H16N2O3S/c1-10-7-13(4-3-12(10)8-14)19(16,17)15-5-6-18-11(2)9-15/h3-4,7,11H,5-6,9H2,1-2H3. The first-order valence-electron chi connectivity index (χ1n) is 6.07. The number of rotatable bonds is 2. The van der Waals surface area contributed by atoms with Crippen molar-refractivity contribution in [1.82, 2.24) is 4.31 Å². The number of nitriles is 1. The topological polar surface area (TPSA) is 70.4 Å². The van der Waals surface area contributed by atoms with E-state index in [-0.39, 0.29) is 11.0 Å². The van der Waals surface area contributed by atoms with Gasteiger partial charge < -0.3 is 4.74 Å². The van der Waals surface area contributed by atoms with Crippen molar-refractivity contribution in [2.24, 2.45) is 0 Å². The Morgan fingerprint density at radius 1 is 1.47 bits per heavy atom. The molecule has 1 aliphatic rings. The molecular formula is C13H16N2O3S. The highest BCUT2D eigenvalue weighted by Gasteiger charge is 2.29. The third kappa shape index (κ3) is 2.78. The quantitative estimate of drug-likeness (QED) is 0.818. The smallest absolute Gasteiger partial charge is 0.243 e. The predicted octanol–water partition coefficient (Wildman–Crippen LogP) is 1.28.